The smallest absolute Gasteiger partial charge is 0.328 e. The summed E-state index contributed by atoms with van der Waals surface area (Å²) in [5.41, 5.74) is 2.28. The highest BCUT2D eigenvalue weighted by molar-refractivity contribution is 5.85. The number of benzene rings is 1. The third kappa shape index (κ3) is 7.45. The van der Waals surface area contributed by atoms with Crippen LogP contribution in [0.15, 0.2) is 30.3 Å². The minimum atomic E-state index is -0.906. The van der Waals surface area contributed by atoms with Gasteiger partial charge in [0.1, 0.15) is 0 Å². The molecule has 0 heterocycles. The highest BCUT2D eigenvalue weighted by atomic mass is 16.4. The van der Waals surface area contributed by atoms with Crippen molar-refractivity contribution in [1.29, 1.82) is 0 Å². The predicted molar refractivity (Wildman–Crippen MR) is 80.2 cm³/mol. The van der Waals surface area contributed by atoms with Crippen molar-refractivity contribution in [2.45, 2.75) is 51.9 Å². The van der Waals surface area contributed by atoms with E-state index in [1.807, 2.05) is 12.1 Å². The van der Waals surface area contributed by atoms with Crippen LogP contribution in [0.3, 0.4) is 0 Å². The van der Waals surface area contributed by atoms with Gasteiger partial charge in [0, 0.05) is 6.08 Å². The van der Waals surface area contributed by atoms with Crippen LogP contribution in [0.1, 0.15) is 56.6 Å². The first-order valence-corrected chi connectivity index (χ1v) is 7.22. The topological polar surface area (TPSA) is 37.3 Å². The van der Waals surface area contributed by atoms with Gasteiger partial charge in [-0.3, -0.25) is 0 Å². The summed E-state index contributed by atoms with van der Waals surface area (Å²) in [6.45, 7) is 2.24. The van der Waals surface area contributed by atoms with Crippen molar-refractivity contribution >= 4 is 12.0 Å². The van der Waals surface area contributed by atoms with Gasteiger partial charge in [-0.2, -0.15) is 0 Å². The molecule has 0 bridgehead atoms. The fraction of sp³-hybridized carbons (Fsp3) is 0.471. The Labute approximate surface area is 116 Å². The first-order chi connectivity index (χ1) is 9.22. The fourth-order valence-corrected chi connectivity index (χ4v) is 2.07. The van der Waals surface area contributed by atoms with E-state index in [1.54, 1.807) is 6.08 Å². The van der Waals surface area contributed by atoms with Crippen LogP contribution in [0, 0.1) is 0 Å². The number of carbonyl (C=O) groups is 1. The van der Waals surface area contributed by atoms with Crippen LogP contribution in [-0.4, -0.2) is 11.1 Å². The normalized spacial score (nSPS) is 11.0. The number of unbranched alkanes of at least 4 members (excludes halogenated alkanes) is 5. The SMILES string of the molecule is CCCCCCCCc1ccc(C=CC(=O)O)cc1. The first-order valence-electron chi connectivity index (χ1n) is 7.22. The van der Waals surface area contributed by atoms with Crippen LogP contribution in [-0.2, 0) is 11.2 Å². The Balaban J connectivity index is 2.26. The zero-order valence-electron chi connectivity index (χ0n) is 11.8. The lowest BCUT2D eigenvalue weighted by atomic mass is 10.0. The summed E-state index contributed by atoms with van der Waals surface area (Å²) in [5, 5.41) is 8.55. The van der Waals surface area contributed by atoms with Gasteiger partial charge in [0.15, 0.2) is 0 Å². The molecule has 0 saturated heterocycles. The van der Waals surface area contributed by atoms with Gasteiger partial charge in [-0.15, -0.1) is 0 Å². The molecule has 0 unspecified atom stereocenters. The molecule has 1 aromatic carbocycles. The van der Waals surface area contributed by atoms with Crippen LogP contribution >= 0.6 is 0 Å². The summed E-state index contributed by atoms with van der Waals surface area (Å²) in [7, 11) is 0. The molecule has 1 N–H and O–H groups in total. The lowest BCUT2D eigenvalue weighted by molar-refractivity contribution is -0.131. The summed E-state index contributed by atoms with van der Waals surface area (Å²) >= 11 is 0. The minimum Gasteiger partial charge on any atom is -0.478 e. The molecular formula is C17H24O2. The van der Waals surface area contributed by atoms with E-state index in [-0.39, 0.29) is 0 Å². The molecule has 0 aliphatic heterocycles. The van der Waals surface area contributed by atoms with Gasteiger partial charge in [-0.05, 0) is 30.0 Å². The Hall–Kier alpha value is -1.57. The number of carboxylic acid groups (broad SMARTS) is 1. The Morgan fingerprint density at radius 2 is 1.68 bits per heavy atom. The highest BCUT2D eigenvalue weighted by Crippen LogP contribution is 2.11. The largest absolute Gasteiger partial charge is 0.478 e. The van der Waals surface area contributed by atoms with E-state index in [1.165, 1.54) is 50.2 Å². The molecule has 0 saturated carbocycles. The minimum absolute atomic E-state index is 0.906. The molecule has 0 aliphatic rings. The number of hydrogen-bond acceptors (Lipinski definition) is 1. The molecule has 2 heteroatoms. The van der Waals surface area contributed by atoms with E-state index in [0.29, 0.717) is 0 Å². The highest BCUT2D eigenvalue weighted by Gasteiger charge is 1.95. The van der Waals surface area contributed by atoms with E-state index in [2.05, 4.69) is 19.1 Å². The van der Waals surface area contributed by atoms with Crippen LogP contribution < -0.4 is 0 Å². The maximum absolute atomic E-state index is 10.4. The maximum atomic E-state index is 10.4. The quantitative estimate of drug-likeness (QED) is 0.516. The van der Waals surface area contributed by atoms with Crippen molar-refractivity contribution in [2.24, 2.45) is 0 Å². The van der Waals surface area contributed by atoms with Crippen LogP contribution in [0.25, 0.3) is 6.08 Å². The summed E-state index contributed by atoms with van der Waals surface area (Å²) in [6, 6.07) is 8.14. The summed E-state index contributed by atoms with van der Waals surface area (Å²) in [4.78, 5) is 10.4. The van der Waals surface area contributed by atoms with Gasteiger partial charge in [-0.1, -0.05) is 63.3 Å². The van der Waals surface area contributed by atoms with Crippen molar-refractivity contribution in [1.82, 2.24) is 0 Å². The van der Waals surface area contributed by atoms with Crippen LogP contribution in [0.4, 0.5) is 0 Å². The van der Waals surface area contributed by atoms with Crippen LogP contribution in [0.5, 0.6) is 0 Å². The average molecular weight is 260 g/mol. The lowest BCUT2D eigenvalue weighted by Crippen LogP contribution is -1.88. The van der Waals surface area contributed by atoms with Crippen molar-refractivity contribution in [2.75, 3.05) is 0 Å². The Morgan fingerprint density at radius 3 is 2.32 bits per heavy atom. The van der Waals surface area contributed by atoms with Gasteiger partial charge in [0.05, 0.1) is 0 Å². The molecule has 0 aliphatic carbocycles. The second-order valence-corrected chi connectivity index (χ2v) is 4.93. The van der Waals surface area contributed by atoms with Crippen molar-refractivity contribution in [3.63, 3.8) is 0 Å². The van der Waals surface area contributed by atoms with Gasteiger partial charge >= 0.3 is 5.97 Å². The second-order valence-electron chi connectivity index (χ2n) is 4.93. The standard InChI is InChI=1S/C17H24O2/c1-2-3-4-5-6-7-8-15-9-11-16(12-10-15)13-14-17(18)19/h9-14H,2-8H2,1H3,(H,18,19). The lowest BCUT2D eigenvalue weighted by Gasteiger charge is -2.02. The van der Waals surface area contributed by atoms with Gasteiger partial charge < -0.3 is 5.11 Å². The van der Waals surface area contributed by atoms with Crippen molar-refractivity contribution in [3.8, 4) is 0 Å². The third-order valence-electron chi connectivity index (χ3n) is 3.22. The summed E-state index contributed by atoms with van der Waals surface area (Å²) in [6.07, 6.45) is 11.8. The Bertz CT molecular complexity index is 390. The Morgan fingerprint density at radius 1 is 1.05 bits per heavy atom. The molecule has 0 fully saturated rings. The van der Waals surface area contributed by atoms with Gasteiger partial charge in [0.25, 0.3) is 0 Å². The zero-order chi connectivity index (χ0) is 13.9. The average Bonchev–Trinajstić information content (AvgIpc) is 2.41. The number of carboxylic acids is 1. The number of rotatable bonds is 9. The van der Waals surface area contributed by atoms with E-state index < -0.39 is 5.97 Å². The molecule has 19 heavy (non-hydrogen) atoms. The van der Waals surface area contributed by atoms with E-state index in [9.17, 15) is 4.79 Å². The molecule has 104 valence electrons. The molecule has 0 spiro atoms. The maximum Gasteiger partial charge on any atom is 0.328 e. The summed E-state index contributed by atoms with van der Waals surface area (Å²) in [5.74, 6) is -0.906. The number of hydrogen-bond donors (Lipinski definition) is 1. The molecule has 1 aromatic rings. The predicted octanol–water partition coefficient (Wildman–Crippen LogP) is 4.69. The molecule has 0 radical (unpaired) electrons. The van der Waals surface area contributed by atoms with E-state index >= 15 is 0 Å². The molecule has 1 rings (SSSR count). The van der Waals surface area contributed by atoms with Gasteiger partial charge in [-0.25, -0.2) is 4.79 Å². The zero-order valence-corrected chi connectivity index (χ0v) is 11.8. The molecule has 2 nitrogen and oxygen atoms in total. The van der Waals surface area contributed by atoms with Crippen LogP contribution in [0.2, 0.25) is 0 Å². The van der Waals surface area contributed by atoms with Crippen molar-refractivity contribution in [3.05, 3.63) is 41.5 Å². The molecular weight excluding hydrogens is 236 g/mol. The van der Waals surface area contributed by atoms with E-state index in [4.69, 9.17) is 5.11 Å². The molecule has 0 amide bonds. The third-order valence-corrected chi connectivity index (χ3v) is 3.22. The molecule has 0 atom stereocenters. The Kier molecular flexibility index (Phi) is 7.64. The number of aliphatic carboxylic acids is 1. The first kappa shape index (κ1) is 15.5. The molecule has 0 aromatic heterocycles. The van der Waals surface area contributed by atoms with Crippen molar-refractivity contribution < 1.29 is 9.90 Å². The fourth-order valence-electron chi connectivity index (χ4n) is 2.07. The summed E-state index contributed by atoms with van der Waals surface area (Å²) < 4.78 is 0. The number of aryl methyl sites for hydroxylation is 1. The van der Waals surface area contributed by atoms with E-state index in [0.717, 1.165) is 12.0 Å². The van der Waals surface area contributed by atoms with Gasteiger partial charge in [0.2, 0.25) is 0 Å². The monoisotopic (exact) mass is 260 g/mol. The second kappa shape index (κ2) is 9.37.